The number of unbranched alkanes of at least 4 members (excludes halogenated alkanes) is 12. The molecule has 17 nitrogen and oxygen atoms in total. The molecule has 0 aliphatic heterocycles. The first-order valence-corrected chi connectivity index (χ1v) is 20.1. The van der Waals surface area contributed by atoms with Crippen molar-refractivity contribution in [3.63, 3.8) is 0 Å². The van der Waals surface area contributed by atoms with Crippen molar-refractivity contribution >= 4 is 53.3 Å². The fraction of sp³-hybridized carbons (Fsp3) is 0.769. The standard InChI is InChI=1S/C39H66N4O13/c1-27(28(2)44)17-15-16-26-40-32(45)23-20-29(37(51)52)42-34(47)25-22-31(39(55)56)43-35(48)24-21-30(38(53)54)41-33(46)18-13-11-9-7-5-3-4-6-8-10-12-14-19-36(49)50/h27,29-31H,3-26H2,1-2H3,(H,40,45)(H,41,46)(H,42,47)(H,43,48)(H,49,50)(H,51,52)(H,53,54)(H,55,56)/t27-,29?,30-,31-/m0/s1. The molecular formula is C39H66N4O13. The molecule has 0 aromatic carbocycles. The van der Waals surface area contributed by atoms with Crippen LogP contribution >= 0.6 is 0 Å². The maximum absolute atomic E-state index is 12.5. The Morgan fingerprint density at radius 3 is 1.11 bits per heavy atom. The van der Waals surface area contributed by atoms with Crippen LogP contribution in [0.3, 0.4) is 0 Å². The number of nitrogens with one attached hydrogen (secondary N) is 4. The summed E-state index contributed by atoms with van der Waals surface area (Å²) in [5, 5.41) is 46.8. The molecule has 0 aliphatic rings. The lowest BCUT2D eigenvalue weighted by atomic mass is 10.0. The molecule has 0 radical (unpaired) electrons. The lowest BCUT2D eigenvalue weighted by Crippen LogP contribution is -2.45. The normalized spacial score (nSPS) is 13.0. The van der Waals surface area contributed by atoms with Gasteiger partial charge in [0.25, 0.3) is 0 Å². The van der Waals surface area contributed by atoms with Gasteiger partial charge >= 0.3 is 23.9 Å². The summed E-state index contributed by atoms with van der Waals surface area (Å²) in [7, 11) is 0. The predicted molar refractivity (Wildman–Crippen MR) is 205 cm³/mol. The zero-order valence-corrected chi connectivity index (χ0v) is 33.2. The SMILES string of the molecule is CC(=O)[C@@H](C)CCCCNC(=O)CCC(NC(=O)CC[C@H](NC(=O)CC[C@H](NC(=O)CCCCCCCCCCCCCCC(=O)O)C(=O)O)C(=O)O)C(=O)O. The lowest BCUT2D eigenvalue weighted by molar-refractivity contribution is -0.144. The summed E-state index contributed by atoms with van der Waals surface area (Å²) in [6, 6.07) is -4.30. The summed E-state index contributed by atoms with van der Waals surface area (Å²) in [4.78, 5) is 106. The third-order valence-corrected chi connectivity index (χ3v) is 9.50. The average Bonchev–Trinajstić information content (AvgIpc) is 3.12. The molecule has 320 valence electrons. The highest BCUT2D eigenvalue weighted by Crippen LogP contribution is 2.14. The third-order valence-electron chi connectivity index (χ3n) is 9.50. The van der Waals surface area contributed by atoms with Crippen molar-refractivity contribution in [2.75, 3.05) is 6.54 Å². The average molecular weight is 799 g/mol. The maximum Gasteiger partial charge on any atom is 0.326 e. The molecule has 4 atom stereocenters. The number of hydrogen-bond donors (Lipinski definition) is 8. The van der Waals surface area contributed by atoms with Gasteiger partial charge in [0.05, 0.1) is 0 Å². The molecule has 0 fully saturated rings. The molecule has 0 saturated heterocycles. The first kappa shape index (κ1) is 51.4. The van der Waals surface area contributed by atoms with Crippen LogP contribution in [0, 0.1) is 5.92 Å². The highest BCUT2D eigenvalue weighted by Gasteiger charge is 2.26. The number of carbonyl (C=O) groups is 9. The van der Waals surface area contributed by atoms with Crippen LogP contribution in [-0.2, 0) is 43.2 Å². The summed E-state index contributed by atoms with van der Waals surface area (Å²) < 4.78 is 0. The van der Waals surface area contributed by atoms with E-state index in [1.54, 1.807) is 0 Å². The van der Waals surface area contributed by atoms with Crippen molar-refractivity contribution in [3.05, 3.63) is 0 Å². The number of Topliss-reactive ketones (excluding diaryl/α,β-unsaturated/α-hetero) is 1. The monoisotopic (exact) mass is 798 g/mol. The smallest absolute Gasteiger partial charge is 0.326 e. The Hall–Kier alpha value is -4.57. The molecule has 0 aromatic rings. The highest BCUT2D eigenvalue weighted by atomic mass is 16.4. The second kappa shape index (κ2) is 31.6. The van der Waals surface area contributed by atoms with Gasteiger partial charge in [0.1, 0.15) is 23.9 Å². The molecule has 0 aromatic heterocycles. The van der Waals surface area contributed by atoms with Crippen molar-refractivity contribution < 1.29 is 63.6 Å². The Balaban J connectivity index is 4.41. The van der Waals surface area contributed by atoms with E-state index in [1.165, 1.54) is 6.92 Å². The van der Waals surface area contributed by atoms with Crippen molar-refractivity contribution in [2.45, 2.75) is 180 Å². The largest absolute Gasteiger partial charge is 0.481 e. The van der Waals surface area contributed by atoms with Crippen LogP contribution in [0.1, 0.15) is 162 Å². The molecular weight excluding hydrogens is 732 g/mol. The van der Waals surface area contributed by atoms with Crippen molar-refractivity contribution in [1.82, 2.24) is 21.3 Å². The van der Waals surface area contributed by atoms with Gasteiger partial charge in [-0.25, -0.2) is 14.4 Å². The quantitative estimate of drug-likeness (QED) is 0.0415. The predicted octanol–water partition coefficient (Wildman–Crippen LogP) is 4.09. The Kier molecular flexibility index (Phi) is 29.0. The third kappa shape index (κ3) is 28.8. The van der Waals surface area contributed by atoms with Crippen LogP contribution in [0.2, 0.25) is 0 Å². The highest BCUT2D eigenvalue weighted by molar-refractivity contribution is 5.87. The summed E-state index contributed by atoms with van der Waals surface area (Å²) >= 11 is 0. The lowest BCUT2D eigenvalue weighted by Gasteiger charge is -2.18. The number of carboxylic acids is 4. The van der Waals surface area contributed by atoms with Crippen molar-refractivity contribution in [3.8, 4) is 0 Å². The Morgan fingerprint density at radius 1 is 0.411 bits per heavy atom. The second-order valence-corrected chi connectivity index (χ2v) is 14.5. The minimum Gasteiger partial charge on any atom is -0.481 e. The molecule has 0 heterocycles. The number of aliphatic carboxylic acids is 4. The minimum atomic E-state index is -1.53. The fourth-order valence-corrected chi connectivity index (χ4v) is 5.82. The molecule has 0 bridgehead atoms. The molecule has 8 N–H and O–H groups in total. The first-order valence-electron chi connectivity index (χ1n) is 20.1. The molecule has 0 saturated carbocycles. The Bertz CT molecular complexity index is 1260. The van der Waals surface area contributed by atoms with E-state index in [4.69, 9.17) is 5.11 Å². The topological polar surface area (TPSA) is 283 Å². The van der Waals surface area contributed by atoms with E-state index in [-0.39, 0.29) is 43.8 Å². The Labute approximate surface area is 329 Å². The van der Waals surface area contributed by atoms with Crippen molar-refractivity contribution in [1.29, 1.82) is 0 Å². The van der Waals surface area contributed by atoms with Crippen LogP contribution in [0.5, 0.6) is 0 Å². The van der Waals surface area contributed by atoms with Gasteiger partial charge in [-0.3, -0.25) is 28.8 Å². The van der Waals surface area contributed by atoms with Crippen LogP contribution in [0.4, 0.5) is 0 Å². The molecule has 1 unspecified atom stereocenters. The van der Waals surface area contributed by atoms with E-state index in [9.17, 15) is 58.5 Å². The van der Waals surface area contributed by atoms with Gasteiger partial charge in [0, 0.05) is 44.6 Å². The van der Waals surface area contributed by atoms with E-state index in [0.717, 1.165) is 77.0 Å². The van der Waals surface area contributed by atoms with Gasteiger partial charge in [0.15, 0.2) is 0 Å². The van der Waals surface area contributed by atoms with E-state index in [0.29, 0.717) is 25.8 Å². The van der Waals surface area contributed by atoms with E-state index in [2.05, 4.69) is 21.3 Å². The molecule has 17 heteroatoms. The molecule has 56 heavy (non-hydrogen) atoms. The minimum absolute atomic E-state index is 0.0595. The number of hydrogen-bond acceptors (Lipinski definition) is 9. The van der Waals surface area contributed by atoms with Gasteiger partial charge in [-0.1, -0.05) is 77.6 Å². The number of ketones is 1. The molecule has 0 aliphatic carbocycles. The summed E-state index contributed by atoms with van der Waals surface area (Å²) in [6.45, 7) is 3.71. The van der Waals surface area contributed by atoms with Gasteiger partial charge in [-0.2, -0.15) is 0 Å². The molecule has 0 rings (SSSR count). The zero-order valence-electron chi connectivity index (χ0n) is 33.2. The maximum atomic E-state index is 12.5. The summed E-state index contributed by atoms with van der Waals surface area (Å²) in [5.74, 6) is -7.40. The van der Waals surface area contributed by atoms with Crippen LogP contribution in [0.25, 0.3) is 0 Å². The van der Waals surface area contributed by atoms with E-state index >= 15 is 0 Å². The zero-order chi connectivity index (χ0) is 42.3. The van der Waals surface area contributed by atoms with Crippen molar-refractivity contribution in [2.24, 2.45) is 5.92 Å². The number of carbonyl (C=O) groups excluding carboxylic acids is 5. The summed E-state index contributed by atoms with van der Waals surface area (Å²) in [6.07, 6.45) is 12.1. The van der Waals surface area contributed by atoms with E-state index < -0.39 is 84.9 Å². The first-order chi connectivity index (χ1) is 26.5. The fourth-order valence-electron chi connectivity index (χ4n) is 5.82. The van der Waals surface area contributed by atoms with Crippen LogP contribution < -0.4 is 21.3 Å². The van der Waals surface area contributed by atoms with E-state index in [1.807, 2.05) is 6.92 Å². The van der Waals surface area contributed by atoms with Crippen LogP contribution in [-0.4, -0.2) is 98.4 Å². The second-order valence-electron chi connectivity index (χ2n) is 14.5. The number of amides is 4. The molecule has 4 amide bonds. The molecule has 0 spiro atoms. The Morgan fingerprint density at radius 2 is 0.750 bits per heavy atom. The van der Waals surface area contributed by atoms with Crippen LogP contribution in [0.15, 0.2) is 0 Å². The van der Waals surface area contributed by atoms with Gasteiger partial charge < -0.3 is 41.7 Å². The van der Waals surface area contributed by atoms with Gasteiger partial charge in [-0.05, 0) is 51.9 Å². The number of rotatable bonds is 36. The van der Waals surface area contributed by atoms with Gasteiger partial charge in [0.2, 0.25) is 23.6 Å². The van der Waals surface area contributed by atoms with Gasteiger partial charge in [-0.15, -0.1) is 0 Å². The number of carboxylic acid groups (broad SMARTS) is 4. The summed E-state index contributed by atoms with van der Waals surface area (Å²) in [5.41, 5.74) is 0.